The average molecular weight is 239 g/mol. The summed E-state index contributed by atoms with van der Waals surface area (Å²) in [7, 11) is 0. The highest BCUT2D eigenvalue weighted by Gasteiger charge is 2.02. The van der Waals surface area contributed by atoms with Gasteiger partial charge in [-0.15, -0.1) is 0 Å². The molecule has 2 N–H and O–H groups in total. The lowest BCUT2D eigenvalue weighted by molar-refractivity contribution is 0.328. The Kier molecular flexibility index (Phi) is 2.78. The third-order valence-electron chi connectivity index (χ3n) is 2.70. The standard InChI is InChI=1S/C14H13N3O/c15-7-8-18-10-5-6-13-14(9-10)17-12-4-2-1-3-11(12)16-13/h1-6,9H,7-8,15H2. The highest BCUT2D eigenvalue weighted by Crippen LogP contribution is 2.20. The molecule has 90 valence electrons. The molecule has 0 unspecified atom stereocenters. The van der Waals surface area contributed by atoms with Crippen LogP contribution in [0.5, 0.6) is 5.75 Å². The summed E-state index contributed by atoms with van der Waals surface area (Å²) in [5.74, 6) is 0.775. The van der Waals surface area contributed by atoms with Crippen LogP contribution in [0.2, 0.25) is 0 Å². The van der Waals surface area contributed by atoms with Crippen molar-refractivity contribution in [3.8, 4) is 5.75 Å². The molecule has 1 aromatic heterocycles. The van der Waals surface area contributed by atoms with Gasteiger partial charge in [-0.25, -0.2) is 9.97 Å². The number of nitrogens with zero attached hydrogens (tertiary/aromatic N) is 2. The van der Waals surface area contributed by atoms with E-state index < -0.39 is 0 Å². The minimum Gasteiger partial charge on any atom is -0.492 e. The van der Waals surface area contributed by atoms with Crippen molar-refractivity contribution in [2.75, 3.05) is 13.2 Å². The second-order valence-corrected chi connectivity index (χ2v) is 4.00. The van der Waals surface area contributed by atoms with E-state index in [9.17, 15) is 0 Å². The smallest absolute Gasteiger partial charge is 0.121 e. The van der Waals surface area contributed by atoms with Crippen LogP contribution in [0.25, 0.3) is 22.1 Å². The van der Waals surface area contributed by atoms with Crippen molar-refractivity contribution in [3.05, 3.63) is 42.5 Å². The first-order valence-corrected chi connectivity index (χ1v) is 5.86. The number of hydrogen-bond donors (Lipinski definition) is 1. The zero-order chi connectivity index (χ0) is 12.4. The van der Waals surface area contributed by atoms with Crippen LogP contribution in [0.1, 0.15) is 0 Å². The van der Waals surface area contributed by atoms with Crippen LogP contribution in [0.15, 0.2) is 42.5 Å². The Morgan fingerprint density at radius 2 is 1.56 bits per heavy atom. The van der Waals surface area contributed by atoms with Gasteiger partial charge in [0.25, 0.3) is 0 Å². The SMILES string of the molecule is NCCOc1ccc2nc3ccccc3nc2c1. The Morgan fingerprint density at radius 3 is 2.28 bits per heavy atom. The molecule has 0 spiro atoms. The van der Waals surface area contributed by atoms with Crippen LogP contribution in [-0.2, 0) is 0 Å². The zero-order valence-electron chi connectivity index (χ0n) is 9.84. The van der Waals surface area contributed by atoms with Crippen molar-refractivity contribution in [1.29, 1.82) is 0 Å². The molecule has 0 aliphatic rings. The average Bonchev–Trinajstić information content (AvgIpc) is 2.42. The number of benzene rings is 2. The summed E-state index contributed by atoms with van der Waals surface area (Å²) in [4.78, 5) is 9.13. The van der Waals surface area contributed by atoms with Gasteiger partial charge < -0.3 is 10.5 Å². The molecule has 0 aliphatic carbocycles. The van der Waals surface area contributed by atoms with Crippen LogP contribution >= 0.6 is 0 Å². The van der Waals surface area contributed by atoms with Crippen molar-refractivity contribution in [3.63, 3.8) is 0 Å². The van der Waals surface area contributed by atoms with Gasteiger partial charge in [0, 0.05) is 12.6 Å². The quantitative estimate of drug-likeness (QED) is 0.711. The molecule has 0 bridgehead atoms. The van der Waals surface area contributed by atoms with E-state index in [4.69, 9.17) is 10.5 Å². The highest BCUT2D eigenvalue weighted by atomic mass is 16.5. The van der Waals surface area contributed by atoms with Crippen molar-refractivity contribution in [1.82, 2.24) is 9.97 Å². The van der Waals surface area contributed by atoms with Crippen molar-refractivity contribution in [2.24, 2.45) is 5.73 Å². The molecule has 4 nitrogen and oxygen atoms in total. The first-order valence-electron chi connectivity index (χ1n) is 5.86. The molecular formula is C14H13N3O. The third-order valence-corrected chi connectivity index (χ3v) is 2.70. The fourth-order valence-electron chi connectivity index (χ4n) is 1.87. The van der Waals surface area contributed by atoms with Crippen LogP contribution in [0.3, 0.4) is 0 Å². The molecule has 0 radical (unpaired) electrons. The molecule has 3 rings (SSSR count). The minimum absolute atomic E-state index is 0.501. The maximum atomic E-state index is 5.48. The van der Waals surface area contributed by atoms with Crippen LogP contribution < -0.4 is 10.5 Å². The first kappa shape index (κ1) is 10.9. The molecule has 0 saturated heterocycles. The number of aromatic nitrogens is 2. The molecule has 0 atom stereocenters. The van der Waals surface area contributed by atoms with Crippen molar-refractivity contribution < 1.29 is 4.74 Å². The maximum absolute atomic E-state index is 5.48. The van der Waals surface area contributed by atoms with E-state index in [1.54, 1.807) is 0 Å². The second-order valence-electron chi connectivity index (χ2n) is 4.00. The number of hydrogen-bond acceptors (Lipinski definition) is 4. The van der Waals surface area contributed by atoms with E-state index in [1.165, 1.54) is 0 Å². The van der Waals surface area contributed by atoms with Crippen LogP contribution in [0.4, 0.5) is 0 Å². The van der Waals surface area contributed by atoms with Gasteiger partial charge in [0.15, 0.2) is 0 Å². The topological polar surface area (TPSA) is 61.0 Å². The summed E-state index contributed by atoms with van der Waals surface area (Å²) in [5.41, 5.74) is 8.91. The molecule has 3 aromatic rings. The highest BCUT2D eigenvalue weighted by molar-refractivity contribution is 5.86. The largest absolute Gasteiger partial charge is 0.492 e. The monoisotopic (exact) mass is 239 g/mol. The minimum atomic E-state index is 0.501. The zero-order valence-corrected chi connectivity index (χ0v) is 9.84. The van der Waals surface area contributed by atoms with Crippen molar-refractivity contribution >= 4 is 22.1 Å². The predicted molar refractivity (Wildman–Crippen MR) is 71.6 cm³/mol. The Balaban J connectivity index is 2.12. The van der Waals surface area contributed by atoms with Gasteiger partial charge in [0.05, 0.1) is 22.1 Å². The molecule has 2 aromatic carbocycles. The summed E-state index contributed by atoms with van der Waals surface area (Å²) >= 11 is 0. The number of ether oxygens (including phenoxy) is 1. The number of rotatable bonds is 3. The summed E-state index contributed by atoms with van der Waals surface area (Å²) in [6.07, 6.45) is 0. The van der Waals surface area contributed by atoms with Gasteiger partial charge in [0.2, 0.25) is 0 Å². The van der Waals surface area contributed by atoms with Gasteiger partial charge >= 0.3 is 0 Å². The Labute approximate surface area is 104 Å². The second kappa shape index (κ2) is 4.58. The number of para-hydroxylation sites is 2. The lowest BCUT2D eigenvalue weighted by Gasteiger charge is -2.05. The fraction of sp³-hybridized carbons (Fsp3) is 0.143. The summed E-state index contributed by atoms with van der Waals surface area (Å²) < 4.78 is 5.48. The van der Waals surface area contributed by atoms with E-state index >= 15 is 0 Å². The summed E-state index contributed by atoms with van der Waals surface area (Å²) in [6, 6.07) is 13.5. The molecule has 0 aliphatic heterocycles. The molecule has 0 fully saturated rings. The lowest BCUT2D eigenvalue weighted by Crippen LogP contribution is -2.10. The van der Waals surface area contributed by atoms with E-state index in [1.807, 2.05) is 42.5 Å². The third kappa shape index (κ3) is 1.98. The normalized spacial score (nSPS) is 10.9. The molecule has 0 saturated carbocycles. The molecule has 1 heterocycles. The Morgan fingerprint density at radius 1 is 0.889 bits per heavy atom. The first-order chi connectivity index (χ1) is 8.86. The molecule has 4 heteroatoms. The van der Waals surface area contributed by atoms with Gasteiger partial charge in [-0.05, 0) is 24.3 Å². The van der Waals surface area contributed by atoms with Crippen molar-refractivity contribution in [2.45, 2.75) is 0 Å². The number of fused-ring (bicyclic) bond motifs is 2. The summed E-state index contributed by atoms with van der Waals surface area (Å²) in [6.45, 7) is 1.01. The fourth-order valence-corrected chi connectivity index (χ4v) is 1.87. The van der Waals surface area contributed by atoms with E-state index in [2.05, 4.69) is 9.97 Å². The molecule has 18 heavy (non-hydrogen) atoms. The molecule has 0 amide bonds. The van der Waals surface area contributed by atoms with E-state index in [0.717, 1.165) is 27.8 Å². The van der Waals surface area contributed by atoms with Gasteiger partial charge in [-0.3, -0.25) is 0 Å². The Hall–Kier alpha value is -2.20. The van der Waals surface area contributed by atoms with E-state index in [0.29, 0.717) is 13.2 Å². The van der Waals surface area contributed by atoms with Crippen LogP contribution in [-0.4, -0.2) is 23.1 Å². The predicted octanol–water partition coefficient (Wildman–Crippen LogP) is 2.12. The molecular weight excluding hydrogens is 226 g/mol. The van der Waals surface area contributed by atoms with Gasteiger partial charge in [-0.2, -0.15) is 0 Å². The number of nitrogens with two attached hydrogens (primary N) is 1. The van der Waals surface area contributed by atoms with Gasteiger partial charge in [-0.1, -0.05) is 12.1 Å². The van der Waals surface area contributed by atoms with Gasteiger partial charge in [0.1, 0.15) is 12.4 Å². The van der Waals surface area contributed by atoms with Crippen LogP contribution in [0, 0.1) is 0 Å². The lowest BCUT2D eigenvalue weighted by atomic mass is 10.2. The Bertz CT molecular complexity index is 697. The van der Waals surface area contributed by atoms with E-state index in [-0.39, 0.29) is 0 Å². The maximum Gasteiger partial charge on any atom is 0.121 e. The summed E-state index contributed by atoms with van der Waals surface area (Å²) in [5, 5.41) is 0.